The Morgan fingerprint density at radius 3 is 2.44 bits per heavy atom. The topological polar surface area (TPSA) is 57.7 Å². The van der Waals surface area contributed by atoms with Crippen LogP contribution in [0.3, 0.4) is 0 Å². The molecule has 1 amide bonds. The van der Waals surface area contributed by atoms with Crippen molar-refractivity contribution in [3.63, 3.8) is 0 Å². The van der Waals surface area contributed by atoms with Crippen molar-refractivity contribution in [1.82, 2.24) is 9.21 Å². The lowest BCUT2D eigenvalue weighted by Crippen LogP contribution is -2.46. The molecule has 140 valence electrons. The van der Waals surface area contributed by atoms with Crippen LogP contribution in [0.5, 0.6) is 0 Å². The number of piperidine rings is 1. The van der Waals surface area contributed by atoms with Gasteiger partial charge in [-0.3, -0.25) is 4.79 Å². The monoisotopic (exact) mass is 384 g/mol. The van der Waals surface area contributed by atoms with Crippen LogP contribution >= 0.6 is 11.3 Å². The molecule has 1 aliphatic heterocycles. The molecular formula is C18H28N2O3S2. The van der Waals surface area contributed by atoms with Crippen molar-refractivity contribution in [3.8, 4) is 0 Å². The molecular weight excluding hydrogens is 356 g/mol. The number of fused-ring (bicyclic) bond motifs is 1. The summed E-state index contributed by atoms with van der Waals surface area (Å²) in [5.41, 5.74) is 1.37. The molecule has 7 heteroatoms. The van der Waals surface area contributed by atoms with Crippen molar-refractivity contribution < 1.29 is 13.2 Å². The van der Waals surface area contributed by atoms with Gasteiger partial charge in [0.1, 0.15) is 0 Å². The number of sulfonamides is 1. The van der Waals surface area contributed by atoms with E-state index in [1.807, 2.05) is 4.90 Å². The smallest absolute Gasteiger partial charge is 0.263 e. The fourth-order valence-electron chi connectivity index (χ4n) is 3.81. The highest BCUT2D eigenvalue weighted by atomic mass is 32.2. The summed E-state index contributed by atoms with van der Waals surface area (Å²) in [6.45, 7) is 1.26. The molecule has 5 nitrogen and oxygen atoms in total. The summed E-state index contributed by atoms with van der Waals surface area (Å²) in [5.74, 6) is 0.122. The maximum Gasteiger partial charge on any atom is 0.263 e. The second-order valence-electron chi connectivity index (χ2n) is 7.28. The van der Waals surface area contributed by atoms with Crippen molar-refractivity contribution in [2.45, 2.75) is 57.4 Å². The van der Waals surface area contributed by atoms with Crippen LogP contribution in [0.25, 0.3) is 0 Å². The van der Waals surface area contributed by atoms with Gasteiger partial charge >= 0.3 is 0 Å². The zero-order valence-corrected chi connectivity index (χ0v) is 16.8. The van der Waals surface area contributed by atoms with Gasteiger partial charge in [0.25, 0.3) is 5.91 Å². The first-order chi connectivity index (χ1) is 11.9. The fourth-order valence-corrected chi connectivity index (χ4v) is 5.78. The van der Waals surface area contributed by atoms with Crippen LogP contribution in [-0.2, 0) is 22.9 Å². The van der Waals surface area contributed by atoms with Crippen LogP contribution in [0.1, 0.15) is 58.6 Å². The van der Waals surface area contributed by atoms with Crippen LogP contribution in [0.2, 0.25) is 0 Å². The van der Waals surface area contributed by atoms with E-state index in [1.54, 1.807) is 18.4 Å². The van der Waals surface area contributed by atoms with E-state index in [4.69, 9.17) is 0 Å². The molecule has 1 fully saturated rings. The Labute approximate surface area is 155 Å². The van der Waals surface area contributed by atoms with Crippen molar-refractivity contribution in [3.05, 3.63) is 21.4 Å². The van der Waals surface area contributed by atoms with E-state index in [0.717, 1.165) is 17.7 Å². The molecule has 2 aliphatic rings. The largest absolute Gasteiger partial charge is 0.338 e. The third-order valence-corrected chi connectivity index (χ3v) is 8.07. The second kappa shape index (κ2) is 7.76. The second-order valence-corrected chi connectivity index (χ2v) is 10.5. The number of amides is 1. The van der Waals surface area contributed by atoms with Gasteiger partial charge in [-0.2, -0.15) is 0 Å². The minimum atomic E-state index is -3.17. The zero-order chi connectivity index (χ0) is 18.0. The summed E-state index contributed by atoms with van der Waals surface area (Å²) in [4.78, 5) is 17.0. The van der Waals surface area contributed by atoms with Gasteiger partial charge in [0.05, 0.1) is 11.1 Å². The summed E-state index contributed by atoms with van der Waals surface area (Å²) in [6, 6.07) is 2.12. The Morgan fingerprint density at radius 2 is 1.80 bits per heavy atom. The summed E-state index contributed by atoms with van der Waals surface area (Å²) in [7, 11) is -1.53. The zero-order valence-electron chi connectivity index (χ0n) is 15.2. The summed E-state index contributed by atoms with van der Waals surface area (Å²) < 4.78 is 24.8. The maximum atomic E-state index is 12.9. The third kappa shape index (κ3) is 4.44. The highest BCUT2D eigenvalue weighted by molar-refractivity contribution is 7.88. The normalized spacial score (nSPS) is 20.2. The van der Waals surface area contributed by atoms with E-state index in [0.29, 0.717) is 25.9 Å². The summed E-state index contributed by atoms with van der Waals surface area (Å²) >= 11 is 1.67. The molecule has 0 bridgehead atoms. The molecule has 0 radical (unpaired) electrons. The molecule has 2 heterocycles. The number of hydrogen-bond donors (Lipinski definition) is 0. The van der Waals surface area contributed by atoms with Gasteiger partial charge in [0.15, 0.2) is 0 Å². The van der Waals surface area contributed by atoms with Crippen LogP contribution in [0.15, 0.2) is 6.07 Å². The van der Waals surface area contributed by atoms with E-state index in [-0.39, 0.29) is 11.9 Å². The maximum absolute atomic E-state index is 12.9. The van der Waals surface area contributed by atoms with E-state index in [2.05, 4.69) is 6.07 Å². The Balaban J connectivity index is 1.64. The molecule has 1 aromatic heterocycles. The molecule has 0 saturated carbocycles. The van der Waals surface area contributed by atoms with E-state index in [9.17, 15) is 13.2 Å². The Morgan fingerprint density at radius 1 is 1.16 bits per heavy atom. The Hall–Kier alpha value is -0.920. The van der Waals surface area contributed by atoms with Crippen molar-refractivity contribution in [1.29, 1.82) is 0 Å². The third-order valence-electron chi connectivity index (χ3n) is 5.50. The van der Waals surface area contributed by atoms with E-state index >= 15 is 0 Å². The number of nitrogens with zero attached hydrogens (tertiary/aromatic N) is 2. The summed E-state index contributed by atoms with van der Waals surface area (Å²) in [5, 5.41) is 0. The predicted octanol–water partition coefficient (Wildman–Crippen LogP) is 2.90. The lowest BCUT2D eigenvalue weighted by atomic mass is 9.99. The van der Waals surface area contributed by atoms with Gasteiger partial charge in [-0.1, -0.05) is 12.8 Å². The van der Waals surface area contributed by atoms with Gasteiger partial charge in [0.2, 0.25) is 10.0 Å². The fraction of sp³-hybridized carbons (Fsp3) is 0.722. The summed E-state index contributed by atoms with van der Waals surface area (Å²) in [6.07, 6.45) is 9.90. The number of aryl methyl sites for hydroxylation is 2. The standard InChI is InChI=1S/C18H28N2O3S2/c1-19(25(2,22)23)15-9-11-20(12-10-15)18(21)17-13-14-7-5-3-4-6-8-16(14)24-17/h13,15H,3-12H2,1-2H3. The Bertz CT molecular complexity index is 693. The number of carbonyl (C=O) groups is 1. The van der Waals surface area contributed by atoms with Crippen LogP contribution in [0.4, 0.5) is 0 Å². The van der Waals surface area contributed by atoms with Gasteiger partial charge < -0.3 is 4.90 Å². The van der Waals surface area contributed by atoms with Crippen LogP contribution < -0.4 is 0 Å². The number of hydrogen-bond acceptors (Lipinski definition) is 4. The van der Waals surface area contributed by atoms with Crippen molar-refractivity contribution in [2.75, 3.05) is 26.4 Å². The van der Waals surface area contributed by atoms with Crippen LogP contribution in [-0.4, -0.2) is 56.0 Å². The molecule has 0 aromatic carbocycles. The number of thiophene rings is 1. The average Bonchev–Trinajstić information content (AvgIpc) is 2.95. The van der Waals surface area contributed by atoms with Crippen LogP contribution in [0, 0.1) is 0 Å². The average molecular weight is 385 g/mol. The lowest BCUT2D eigenvalue weighted by Gasteiger charge is -2.35. The molecule has 1 aromatic rings. The Kier molecular flexibility index (Phi) is 5.85. The van der Waals surface area contributed by atoms with Crippen molar-refractivity contribution >= 4 is 27.3 Å². The molecule has 0 spiro atoms. The molecule has 0 unspecified atom stereocenters. The minimum Gasteiger partial charge on any atom is -0.338 e. The first-order valence-electron chi connectivity index (χ1n) is 9.20. The molecule has 1 saturated heterocycles. The van der Waals surface area contributed by atoms with Gasteiger partial charge in [-0.25, -0.2) is 12.7 Å². The molecule has 1 aliphatic carbocycles. The van der Waals surface area contributed by atoms with Gasteiger partial charge in [-0.05, 0) is 50.2 Å². The number of rotatable bonds is 3. The number of likely N-dealkylation sites (tertiary alicyclic amines) is 1. The van der Waals surface area contributed by atoms with Crippen molar-refractivity contribution in [2.24, 2.45) is 0 Å². The van der Waals surface area contributed by atoms with E-state index in [1.165, 1.54) is 46.7 Å². The first kappa shape index (κ1) is 18.9. The lowest BCUT2D eigenvalue weighted by molar-refractivity contribution is 0.0691. The first-order valence-corrected chi connectivity index (χ1v) is 11.9. The predicted molar refractivity (Wildman–Crippen MR) is 102 cm³/mol. The number of carbonyl (C=O) groups excluding carboxylic acids is 1. The quantitative estimate of drug-likeness (QED) is 0.805. The van der Waals surface area contributed by atoms with Gasteiger partial charge in [-0.15, -0.1) is 11.3 Å². The molecule has 25 heavy (non-hydrogen) atoms. The highest BCUT2D eigenvalue weighted by Gasteiger charge is 2.30. The van der Waals surface area contributed by atoms with Gasteiger partial charge in [0, 0.05) is 31.1 Å². The molecule has 0 N–H and O–H groups in total. The molecule has 3 rings (SSSR count). The highest BCUT2D eigenvalue weighted by Crippen LogP contribution is 2.30. The minimum absolute atomic E-state index is 0.00242. The molecule has 0 atom stereocenters. The SMILES string of the molecule is CN(C1CCN(C(=O)c2cc3c(s2)CCCCCC3)CC1)S(C)(=O)=O. The van der Waals surface area contributed by atoms with E-state index < -0.39 is 10.0 Å².